The standard InChI is InChI=1S/C12H8ClNO/c13-12(15)11-3-1-2-10(8-11)9-4-6-14-7-5-9/h1-8H. The van der Waals surface area contributed by atoms with E-state index < -0.39 is 5.24 Å². The first-order valence-electron chi connectivity index (χ1n) is 4.47. The van der Waals surface area contributed by atoms with Gasteiger partial charge in [0.2, 0.25) is 0 Å². The van der Waals surface area contributed by atoms with Crippen LogP contribution in [0.4, 0.5) is 0 Å². The second-order valence-electron chi connectivity index (χ2n) is 3.09. The predicted octanol–water partition coefficient (Wildman–Crippen LogP) is 3.13. The van der Waals surface area contributed by atoms with Gasteiger partial charge in [0.05, 0.1) is 0 Å². The van der Waals surface area contributed by atoms with Crippen molar-refractivity contribution < 1.29 is 4.79 Å². The van der Waals surface area contributed by atoms with Crippen molar-refractivity contribution >= 4 is 16.8 Å². The summed E-state index contributed by atoms with van der Waals surface area (Å²) in [7, 11) is 0. The third-order valence-electron chi connectivity index (χ3n) is 2.10. The summed E-state index contributed by atoms with van der Waals surface area (Å²) in [6.45, 7) is 0. The lowest BCUT2D eigenvalue weighted by Gasteiger charge is -2.01. The van der Waals surface area contributed by atoms with Gasteiger partial charge in [0.15, 0.2) is 0 Å². The van der Waals surface area contributed by atoms with Crippen molar-refractivity contribution in [2.45, 2.75) is 0 Å². The maximum absolute atomic E-state index is 11.0. The van der Waals surface area contributed by atoms with E-state index in [4.69, 9.17) is 11.6 Å². The van der Waals surface area contributed by atoms with Crippen molar-refractivity contribution in [2.75, 3.05) is 0 Å². The Morgan fingerprint density at radius 2 is 1.80 bits per heavy atom. The van der Waals surface area contributed by atoms with Crippen LogP contribution >= 0.6 is 11.6 Å². The van der Waals surface area contributed by atoms with Crippen LogP contribution in [0.15, 0.2) is 48.8 Å². The molecule has 15 heavy (non-hydrogen) atoms. The molecule has 1 aromatic heterocycles. The molecule has 2 nitrogen and oxygen atoms in total. The van der Waals surface area contributed by atoms with Gasteiger partial charge in [-0.3, -0.25) is 9.78 Å². The van der Waals surface area contributed by atoms with Crippen LogP contribution in [-0.4, -0.2) is 10.2 Å². The zero-order chi connectivity index (χ0) is 10.7. The lowest BCUT2D eigenvalue weighted by atomic mass is 10.1. The molecule has 0 aliphatic carbocycles. The zero-order valence-electron chi connectivity index (χ0n) is 7.85. The summed E-state index contributed by atoms with van der Waals surface area (Å²) in [6, 6.07) is 11.0. The molecular weight excluding hydrogens is 210 g/mol. The monoisotopic (exact) mass is 217 g/mol. The van der Waals surface area contributed by atoms with Crippen molar-refractivity contribution in [3.8, 4) is 11.1 Å². The first-order chi connectivity index (χ1) is 7.27. The topological polar surface area (TPSA) is 30.0 Å². The van der Waals surface area contributed by atoms with Crippen LogP contribution in [-0.2, 0) is 0 Å². The molecule has 0 radical (unpaired) electrons. The number of nitrogens with zero attached hydrogens (tertiary/aromatic N) is 1. The summed E-state index contributed by atoms with van der Waals surface area (Å²) in [6.07, 6.45) is 3.43. The molecule has 0 saturated heterocycles. The molecule has 2 aromatic rings. The number of hydrogen-bond acceptors (Lipinski definition) is 2. The normalized spacial score (nSPS) is 9.93. The molecular formula is C12H8ClNO. The van der Waals surface area contributed by atoms with Gasteiger partial charge in [-0.2, -0.15) is 0 Å². The van der Waals surface area contributed by atoms with Gasteiger partial charge in [-0.15, -0.1) is 0 Å². The van der Waals surface area contributed by atoms with Gasteiger partial charge in [0.1, 0.15) is 0 Å². The van der Waals surface area contributed by atoms with Crippen molar-refractivity contribution in [2.24, 2.45) is 0 Å². The van der Waals surface area contributed by atoms with E-state index in [1.807, 2.05) is 24.3 Å². The molecule has 0 aliphatic heterocycles. The van der Waals surface area contributed by atoms with Crippen LogP contribution in [0.5, 0.6) is 0 Å². The molecule has 0 unspecified atom stereocenters. The fourth-order valence-electron chi connectivity index (χ4n) is 1.37. The highest BCUT2D eigenvalue weighted by molar-refractivity contribution is 6.67. The quantitative estimate of drug-likeness (QED) is 0.724. The van der Waals surface area contributed by atoms with Gasteiger partial charge in [-0.25, -0.2) is 0 Å². The summed E-state index contributed by atoms with van der Waals surface area (Å²) in [4.78, 5) is 14.9. The molecule has 0 fully saturated rings. The van der Waals surface area contributed by atoms with Crippen LogP contribution in [0.1, 0.15) is 10.4 Å². The molecule has 0 N–H and O–H groups in total. The van der Waals surface area contributed by atoms with Crippen molar-refractivity contribution in [1.29, 1.82) is 0 Å². The average Bonchev–Trinajstić information content (AvgIpc) is 2.30. The van der Waals surface area contributed by atoms with E-state index in [1.54, 1.807) is 24.5 Å². The van der Waals surface area contributed by atoms with Crippen LogP contribution < -0.4 is 0 Å². The fourth-order valence-corrected chi connectivity index (χ4v) is 1.48. The first-order valence-corrected chi connectivity index (χ1v) is 4.85. The Bertz CT molecular complexity index is 482. The molecule has 0 bridgehead atoms. The molecule has 0 aliphatic rings. The van der Waals surface area contributed by atoms with Crippen LogP contribution in [0.25, 0.3) is 11.1 Å². The number of rotatable bonds is 2. The van der Waals surface area contributed by atoms with E-state index >= 15 is 0 Å². The summed E-state index contributed by atoms with van der Waals surface area (Å²) in [5.74, 6) is 0. The lowest BCUT2D eigenvalue weighted by Crippen LogP contribution is -1.88. The number of halogens is 1. The molecule has 74 valence electrons. The van der Waals surface area contributed by atoms with Gasteiger partial charge < -0.3 is 0 Å². The minimum atomic E-state index is -0.439. The highest BCUT2D eigenvalue weighted by atomic mass is 35.5. The largest absolute Gasteiger partial charge is 0.276 e. The number of carbonyl (C=O) groups is 1. The molecule has 1 aromatic carbocycles. The molecule has 0 spiro atoms. The highest BCUT2D eigenvalue weighted by Crippen LogP contribution is 2.19. The number of hydrogen-bond donors (Lipinski definition) is 0. The zero-order valence-corrected chi connectivity index (χ0v) is 8.61. The minimum Gasteiger partial charge on any atom is -0.276 e. The van der Waals surface area contributed by atoms with E-state index in [0.29, 0.717) is 5.56 Å². The Kier molecular flexibility index (Phi) is 2.79. The Labute approximate surface area is 92.5 Å². The lowest BCUT2D eigenvalue weighted by molar-refractivity contribution is 0.108. The van der Waals surface area contributed by atoms with Gasteiger partial charge in [0.25, 0.3) is 5.24 Å². The second-order valence-corrected chi connectivity index (χ2v) is 3.43. The summed E-state index contributed by atoms with van der Waals surface area (Å²) < 4.78 is 0. The van der Waals surface area contributed by atoms with E-state index in [9.17, 15) is 4.79 Å². The first kappa shape index (κ1) is 9.87. The fraction of sp³-hybridized carbons (Fsp3) is 0. The number of aromatic nitrogens is 1. The Balaban J connectivity index is 2.46. The van der Waals surface area contributed by atoms with Gasteiger partial charge in [0, 0.05) is 18.0 Å². The third kappa shape index (κ3) is 2.22. The van der Waals surface area contributed by atoms with Crippen molar-refractivity contribution in [1.82, 2.24) is 4.98 Å². The smallest absolute Gasteiger partial charge is 0.252 e. The van der Waals surface area contributed by atoms with Crippen molar-refractivity contribution in [3.05, 3.63) is 54.4 Å². The SMILES string of the molecule is O=C(Cl)c1cccc(-c2ccncc2)c1. The third-order valence-corrected chi connectivity index (χ3v) is 2.32. The maximum Gasteiger partial charge on any atom is 0.252 e. The minimum absolute atomic E-state index is 0.439. The molecule has 0 saturated carbocycles. The Morgan fingerprint density at radius 1 is 1.07 bits per heavy atom. The Hall–Kier alpha value is -1.67. The maximum atomic E-state index is 11.0. The van der Waals surface area contributed by atoms with Crippen LogP contribution in [0.2, 0.25) is 0 Å². The molecule has 0 amide bonds. The van der Waals surface area contributed by atoms with Gasteiger partial charge >= 0.3 is 0 Å². The molecule has 3 heteroatoms. The van der Waals surface area contributed by atoms with Gasteiger partial charge in [-0.1, -0.05) is 18.2 Å². The Morgan fingerprint density at radius 3 is 2.47 bits per heavy atom. The number of pyridine rings is 1. The van der Waals surface area contributed by atoms with E-state index in [-0.39, 0.29) is 0 Å². The average molecular weight is 218 g/mol. The summed E-state index contributed by atoms with van der Waals surface area (Å²) >= 11 is 5.41. The number of benzene rings is 1. The van der Waals surface area contributed by atoms with Crippen molar-refractivity contribution in [3.63, 3.8) is 0 Å². The summed E-state index contributed by atoms with van der Waals surface area (Å²) in [5, 5.41) is -0.439. The second kappa shape index (κ2) is 4.24. The molecule has 2 rings (SSSR count). The van der Waals surface area contributed by atoms with E-state index in [0.717, 1.165) is 11.1 Å². The van der Waals surface area contributed by atoms with E-state index in [2.05, 4.69) is 4.98 Å². The molecule has 1 heterocycles. The van der Waals surface area contributed by atoms with E-state index in [1.165, 1.54) is 0 Å². The van der Waals surface area contributed by atoms with Crippen LogP contribution in [0, 0.1) is 0 Å². The predicted molar refractivity (Wildman–Crippen MR) is 59.9 cm³/mol. The number of carbonyl (C=O) groups excluding carboxylic acids is 1. The van der Waals surface area contributed by atoms with Crippen LogP contribution in [0.3, 0.4) is 0 Å². The van der Waals surface area contributed by atoms with Gasteiger partial charge in [-0.05, 0) is 40.9 Å². The summed E-state index contributed by atoms with van der Waals surface area (Å²) in [5.41, 5.74) is 2.49. The molecule has 0 atom stereocenters. The highest BCUT2D eigenvalue weighted by Gasteiger charge is 2.03.